The van der Waals surface area contributed by atoms with Crippen LogP contribution in [0.4, 0.5) is 0 Å². The molecule has 2 fully saturated rings. The second kappa shape index (κ2) is 13.6. The van der Waals surface area contributed by atoms with Crippen molar-refractivity contribution < 1.29 is 88.4 Å². The Balaban J connectivity index is 0.000000456. The summed E-state index contributed by atoms with van der Waals surface area (Å²) in [4.78, 5) is 31.0. The molecule has 0 bridgehead atoms. The molecule has 13 N–H and O–H groups in total. The highest BCUT2D eigenvalue weighted by Gasteiger charge is 2.42. The van der Waals surface area contributed by atoms with Crippen LogP contribution >= 0.6 is 15.6 Å². The molecule has 32 heavy (non-hydrogen) atoms. The number of rotatable bonds is 4. The summed E-state index contributed by atoms with van der Waals surface area (Å²) in [5.41, 5.74) is 0. The molecule has 0 radical (unpaired) electrons. The summed E-state index contributed by atoms with van der Waals surface area (Å²) in [6, 6.07) is 0. The molecule has 0 aromatic carbocycles. The van der Waals surface area contributed by atoms with Crippen molar-refractivity contribution in [2.75, 3.05) is 13.2 Å². The molecule has 18 nitrogen and oxygen atoms in total. The van der Waals surface area contributed by atoms with Crippen LogP contribution in [0.3, 0.4) is 0 Å². The molecular weight excluding hydrogens is 494 g/mol. The second-order valence-electron chi connectivity index (χ2n) is 6.39. The Morgan fingerprint density at radius 2 is 1.12 bits per heavy atom. The molecule has 0 aliphatic carbocycles. The van der Waals surface area contributed by atoms with E-state index >= 15 is 0 Å². The molecule has 0 aromatic rings. The third-order valence-electron chi connectivity index (χ3n) is 3.81. The average molecular weight is 522 g/mol. The molecule has 0 unspecified atom stereocenters. The minimum Gasteiger partial charge on any atom is -0.394 e. The summed E-state index contributed by atoms with van der Waals surface area (Å²) < 4.78 is 31.5. The molecule has 0 saturated carbocycles. The van der Waals surface area contributed by atoms with Gasteiger partial charge in [0.25, 0.3) is 0 Å². The highest BCUT2D eigenvalue weighted by Crippen LogP contribution is 2.53. The van der Waals surface area contributed by atoms with Crippen molar-refractivity contribution in [3.8, 4) is 0 Å². The van der Waals surface area contributed by atoms with Gasteiger partial charge in [0.2, 0.25) is 0 Å². The smallest absolute Gasteiger partial charge is 0.394 e. The van der Waals surface area contributed by atoms with Gasteiger partial charge in [-0.05, 0) is 0 Å². The van der Waals surface area contributed by atoms with Gasteiger partial charge < -0.3 is 75.0 Å². The van der Waals surface area contributed by atoms with Crippen molar-refractivity contribution >= 4 is 15.6 Å². The zero-order valence-electron chi connectivity index (χ0n) is 16.1. The lowest BCUT2D eigenvalue weighted by molar-refractivity contribution is -0.286. The van der Waals surface area contributed by atoms with Crippen molar-refractivity contribution in [2.45, 2.75) is 61.7 Å². The minimum absolute atomic E-state index is 0.0162. The van der Waals surface area contributed by atoms with Crippen molar-refractivity contribution in [3.63, 3.8) is 0 Å². The largest absolute Gasteiger partial charge is 0.478 e. The van der Waals surface area contributed by atoms with Gasteiger partial charge in [-0.2, -0.15) is 4.31 Å². The normalized spacial score (nSPS) is 38.1. The predicted octanol–water partition coefficient (Wildman–Crippen LogP) is -6.23. The lowest BCUT2D eigenvalue weighted by atomic mass is 10.00. The first-order chi connectivity index (χ1) is 14.4. The topological polar surface area (TPSA) is 325 Å². The molecule has 0 spiro atoms. The van der Waals surface area contributed by atoms with Crippen LogP contribution in [-0.2, 0) is 22.9 Å². The monoisotopic (exact) mass is 522 g/mol. The number of hydrogen-bond acceptors (Lipinski definition) is 14. The van der Waals surface area contributed by atoms with Crippen LogP contribution in [0, 0.1) is 0 Å². The van der Waals surface area contributed by atoms with Crippen molar-refractivity contribution in [2.24, 2.45) is 0 Å². The highest BCUT2D eigenvalue weighted by atomic mass is 31.3. The lowest BCUT2D eigenvalue weighted by Gasteiger charge is -2.37. The first-order valence-electron chi connectivity index (χ1n) is 8.55. The first-order valence-corrected chi connectivity index (χ1v) is 11.6. The first kappa shape index (κ1) is 31.8. The number of aliphatic hydroxyl groups is 9. The zero-order chi connectivity index (χ0) is 25.4. The van der Waals surface area contributed by atoms with Gasteiger partial charge >= 0.3 is 15.6 Å². The van der Waals surface area contributed by atoms with E-state index in [1.54, 1.807) is 0 Å². The Kier molecular flexibility index (Phi) is 13.6. The molecule has 2 rings (SSSR count). The van der Waals surface area contributed by atoms with E-state index in [0.29, 0.717) is 0 Å². The van der Waals surface area contributed by atoms with Gasteiger partial charge in [0.1, 0.15) is 36.6 Å². The molecule has 0 aromatic heterocycles. The van der Waals surface area contributed by atoms with Crippen molar-refractivity contribution in [1.82, 2.24) is 0 Å². The fourth-order valence-corrected chi connectivity index (χ4v) is 3.41. The zero-order valence-corrected chi connectivity index (χ0v) is 17.9. The Morgan fingerprint density at radius 3 is 1.50 bits per heavy atom. The summed E-state index contributed by atoms with van der Waals surface area (Å²) in [6.07, 6.45) is -11.2. The molecule has 2 saturated heterocycles. The quantitative estimate of drug-likeness (QED) is 0.153. The highest BCUT2D eigenvalue weighted by molar-refractivity contribution is 7.60. The third kappa shape index (κ3) is 11.8. The van der Waals surface area contributed by atoms with Gasteiger partial charge in [-0.1, -0.05) is 0 Å². The Bertz CT molecular complexity index is 598. The van der Waals surface area contributed by atoms with E-state index in [4.69, 9.17) is 70.3 Å². The minimum atomic E-state index is -5.05. The predicted molar refractivity (Wildman–Crippen MR) is 95.8 cm³/mol. The maximum Gasteiger partial charge on any atom is 0.478 e. The fraction of sp³-hybridized carbons (Fsp3) is 1.00. The van der Waals surface area contributed by atoms with Crippen LogP contribution in [0.15, 0.2) is 0 Å². The molecular formula is C12H28O18P2. The van der Waals surface area contributed by atoms with Gasteiger partial charge in [0.05, 0.1) is 19.3 Å². The second-order valence-corrected chi connectivity index (χ2v) is 9.00. The Hall–Kier alpha value is -0.180. The Labute approximate surface area is 180 Å². The number of ether oxygens (including phenoxy) is 2. The SMILES string of the molecule is O=P(O)(O)OP(=O)(O)O.OC[C@H]1O[C@H](O)C[C@@H](O)[C@@H]1O.OC[C@H]1O[C@H](O)[C@H](O)[C@@H](O)[C@@H]1O. The number of hydrogen-bond donors (Lipinski definition) is 13. The molecule has 2 aliphatic rings. The van der Waals surface area contributed by atoms with E-state index < -0.39 is 84.2 Å². The number of aliphatic hydroxyl groups excluding tert-OH is 9. The van der Waals surface area contributed by atoms with E-state index in [1.165, 1.54) is 0 Å². The maximum absolute atomic E-state index is 9.63. The summed E-state index contributed by atoms with van der Waals surface area (Å²) >= 11 is 0. The van der Waals surface area contributed by atoms with Gasteiger partial charge in [-0.25, -0.2) is 9.13 Å². The van der Waals surface area contributed by atoms with E-state index in [-0.39, 0.29) is 6.42 Å². The van der Waals surface area contributed by atoms with Gasteiger partial charge in [0, 0.05) is 6.42 Å². The van der Waals surface area contributed by atoms with Gasteiger partial charge in [-0.3, -0.25) is 0 Å². The molecule has 2 aliphatic heterocycles. The van der Waals surface area contributed by atoms with Crippen LogP contribution < -0.4 is 0 Å². The molecule has 2 heterocycles. The van der Waals surface area contributed by atoms with Crippen LogP contribution in [0.2, 0.25) is 0 Å². The summed E-state index contributed by atoms with van der Waals surface area (Å²) in [5.74, 6) is 0. The summed E-state index contributed by atoms with van der Waals surface area (Å²) in [7, 11) is -10.1. The van der Waals surface area contributed by atoms with E-state index in [0.717, 1.165) is 0 Å². The lowest BCUT2D eigenvalue weighted by Crippen LogP contribution is -2.58. The Morgan fingerprint density at radius 1 is 0.688 bits per heavy atom. The van der Waals surface area contributed by atoms with Crippen LogP contribution in [0.25, 0.3) is 0 Å². The van der Waals surface area contributed by atoms with Crippen LogP contribution in [-0.4, -0.2) is 134 Å². The van der Waals surface area contributed by atoms with Gasteiger partial charge in [-0.15, -0.1) is 0 Å². The van der Waals surface area contributed by atoms with Crippen molar-refractivity contribution in [1.29, 1.82) is 0 Å². The van der Waals surface area contributed by atoms with E-state index in [2.05, 4.69) is 9.05 Å². The summed E-state index contributed by atoms with van der Waals surface area (Å²) in [6.45, 7) is -0.933. The van der Waals surface area contributed by atoms with Crippen LogP contribution in [0.1, 0.15) is 6.42 Å². The summed E-state index contributed by atoms with van der Waals surface area (Å²) in [5, 5.41) is 80.3. The van der Waals surface area contributed by atoms with Crippen LogP contribution in [0.5, 0.6) is 0 Å². The molecule has 9 atom stereocenters. The third-order valence-corrected chi connectivity index (χ3v) is 5.51. The molecule has 194 valence electrons. The van der Waals surface area contributed by atoms with E-state index in [9.17, 15) is 9.13 Å². The molecule has 20 heteroatoms. The fourth-order valence-electron chi connectivity index (χ4n) is 2.30. The number of phosphoric acid groups is 2. The average Bonchev–Trinajstić information content (AvgIpc) is 2.64. The maximum atomic E-state index is 9.63. The molecule has 0 amide bonds. The van der Waals surface area contributed by atoms with Crippen molar-refractivity contribution in [3.05, 3.63) is 0 Å². The standard InChI is InChI=1S/C6H12O6.C6H12O5.H4O7P2/c7-1-2-3(8)4(9)5(10)6(11)12-2;7-2-4-6(10)3(8)1-5(9)11-4;1-8(2,3)7-9(4,5)6/h2-11H,1H2;3-10H,1-2H2;(H2,1,2,3)(H2,4,5,6)/t2-,3-,4+,5-,6+;3-,4-,5+,6+;/m11./s1. The van der Waals surface area contributed by atoms with E-state index in [1.807, 2.05) is 0 Å². The van der Waals surface area contributed by atoms with Gasteiger partial charge in [0.15, 0.2) is 12.6 Å².